The highest BCUT2D eigenvalue weighted by Crippen LogP contribution is 2.29. The molecule has 2 aliphatic rings. The summed E-state index contributed by atoms with van der Waals surface area (Å²) in [5, 5.41) is 0.0725. The minimum absolute atomic E-state index is 0.0725. The molecule has 2 saturated heterocycles. The van der Waals surface area contributed by atoms with E-state index in [0.717, 1.165) is 24.5 Å². The maximum Gasteiger partial charge on any atom is 0.232 e. The second-order valence-corrected chi connectivity index (χ2v) is 10.1. The molecule has 1 atom stereocenters. The highest BCUT2D eigenvalue weighted by atomic mass is 32.2. The minimum Gasteiger partial charge on any atom is -0.492 e. The second kappa shape index (κ2) is 8.52. The maximum absolute atomic E-state index is 12.4. The number of amides is 1. The van der Waals surface area contributed by atoms with Crippen LogP contribution in [-0.4, -0.2) is 74.5 Å². The molecule has 6 nitrogen and oxygen atoms in total. The molecule has 2 aliphatic heterocycles. The average Bonchev–Trinajstić information content (AvgIpc) is 2.99. The molecule has 1 amide bonds. The van der Waals surface area contributed by atoms with Crippen LogP contribution in [0.3, 0.4) is 0 Å². The lowest BCUT2D eigenvalue weighted by molar-refractivity contribution is -0.128. The highest BCUT2D eigenvalue weighted by Gasteiger charge is 2.29. The van der Waals surface area contributed by atoms with Gasteiger partial charge < -0.3 is 14.5 Å². The molecule has 0 saturated carbocycles. The van der Waals surface area contributed by atoms with Crippen LogP contribution in [0, 0.1) is 0 Å². The van der Waals surface area contributed by atoms with Gasteiger partial charge in [0.1, 0.15) is 5.75 Å². The standard InChI is InChI=1S/C18H26N2O4S2/c1-2-24-17-6-4-3-5-16(17)19-8-10-20(11-9-19)18(21)13-25-15-7-12-26(22,23)14-15/h3-6,15H,2,7-14H2,1H3/t15-/m0/s1. The van der Waals surface area contributed by atoms with E-state index in [1.54, 1.807) is 0 Å². The first-order valence-electron chi connectivity index (χ1n) is 9.05. The molecule has 0 bridgehead atoms. The van der Waals surface area contributed by atoms with Gasteiger partial charge in [-0.15, -0.1) is 11.8 Å². The summed E-state index contributed by atoms with van der Waals surface area (Å²) in [5.41, 5.74) is 1.08. The molecule has 0 aromatic heterocycles. The maximum atomic E-state index is 12.4. The molecule has 2 heterocycles. The number of ether oxygens (including phenoxy) is 1. The minimum atomic E-state index is -2.88. The van der Waals surface area contributed by atoms with Gasteiger partial charge in [-0.05, 0) is 25.5 Å². The zero-order valence-corrected chi connectivity index (χ0v) is 16.7. The fraction of sp³-hybridized carbons (Fsp3) is 0.611. The van der Waals surface area contributed by atoms with Crippen LogP contribution in [-0.2, 0) is 14.6 Å². The third-order valence-corrected chi connectivity index (χ3v) is 8.04. The molecule has 3 rings (SSSR count). The van der Waals surface area contributed by atoms with Gasteiger partial charge >= 0.3 is 0 Å². The Kier molecular flexibility index (Phi) is 6.34. The molecule has 1 aromatic rings. The van der Waals surface area contributed by atoms with Crippen molar-refractivity contribution >= 4 is 33.2 Å². The van der Waals surface area contributed by atoms with Gasteiger partial charge in [-0.3, -0.25) is 4.79 Å². The van der Waals surface area contributed by atoms with E-state index in [0.29, 0.717) is 31.9 Å². The number of sulfone groups is 1. The van der Waals surface area contributed by atoms with Crippen LogP contribution < -0.4 is 9.64 Å². The number of carbonyl (C=O) groups is 1. The van der Waals surface area contributed by atoms with Crippen LogP contribution in [0.25, 0.3) is 0 Å². The summed E-state index contributed by atoms with van der Waals surface area (Å²) in [6, 6.07) is 8.00. The van der Waals surface area contributed by atoms with E-state index < -0.39 is 9.84 Å². The molecule has 0 aliphatic carbocycles. The van der Waals surface area contributed by atoms with Crippen LogP contribution in [0.15, 0.2) is 24.3 Å². The number of carbonyl (C=O) groups excluding carboxylic acids is 1. The van der Waals surface area contributed by atoms with Crippen molar-refractivity contribution in [3.05, 3.63) is 24.3 Å². The first-order chi connectivity index (χ1) is 12.5. The summed E-state index contributed by atoms with van der Waals surface area (Å²) in [6.07, 6.45) is 0.669. The van der Waals surface area contributed by atoms with Crippen LogP contribution >= 0.6 is 11.8 Å². The Morgan fingerprint density at radius 3 is 2.62 bits per heavy atom. The van der Waals surface area contributed by atoms with Gasteiger partial charge in [0.2, 0.25) is 5.91 Å². The number of nitrogens with zero attached hydrogens (tertiary/aromatic N) is 2. The van der Waals surface area contributed by atoms with Crippen molar-refractivity contribution in [2.24, 2.45) is 0 Å². The SMILES string of the molecule is CCOc1ccccc1N1CCN(C(=O)CS[C@H]2CCS(=O)(=O)C2)CC1. The lowest BCUT2D eigenvalue weighted by atomic mass is 10.2. The molecule has 8 heteroatoms. The molecule has 0 N–H and O–H groups in total. The first kappa shape index (κ1) is 19.4. The lowest BCUT2D eigenvalue weighted by Crippen LogP contribution is -2.49. The van der Waals surface area contributed by atoms with E-state index in [1.165, 1.54) is 11.8 Å². The Morgan fingerprint density at radius 2 is 1.96 bits per heavy atom. The number of anilines is 1. The lowest BCUT2D eigenvalue weighted by Gasteiger charge is -2.36. The summed E-state index contributed by atoms with van der Waals surface area (Å²) in [6.45, 7) is 5.52. The predicted octanol–water partition coefficient (Wildman–Crippen LogP) is 1.65. The largest absolute Gasteiger partial charge is 0.492 e. The molecule has 0 spiro atoms. The van der Waals surface area contributed by atoms with Crippen molar-refractivity contribution in [1.29, 1.82) is 0 Å². The molecule has 144 valence electrons. The zero-order valence-electron chi connectivity index (χ0n) is 15.1. The van der Waals surface area contributed by atoms with Crippen molar-refractivity contribution in [2.75, 3.05) is 54.9 Å². The number of rotatable bonds is 6. The number of benzene rings is 1. The second-order valence-electron chi connectivity index (χ2n) is 6.60. The van der Waals surface area contributed by atoms with Gasteiger partial charge in [0.25, 0.3) is 0 Å². The quantitative estimate of drug-likeness (QED) is 0.726. The van der Waals surface area contributed by atoms with Gasteiger partial charge in [0, 0.05) is 31.4 Å². The highest BCUT2D eigenvalue weighted by molar-refractivity contribution is 8.02. The molecule has 26 heavy (non-hydrogen) atoms. The molecular formula is C18H26N2O4S2. The first-order valence-corrected chi connectivity index (χ1v) is 11.9. The van der Waals surface area contributed by atoms with Gasteiger partial charge in [-0.25, -0.2) is 8.42 Å². The summed E-state index contributed by atoms with van der Waals surface area (Å²) >= 11 is 1.49. The van der Waals surface area contributed by atoms with Crippen LogP contribution in [0.2, 0.25) is 0 Å². The fourth-order valence-electron chi connectivity index (χ4n) is 3.37. The number of para-hydroxylation sites is 2. The molecular weight excluding hydrogens is 372 g/mol. The smallest absolute Gasteiger partial charge is 0.232 e. The van der Waals surface area contributed by atoms with Crippen molar-refractivity contribution < 1.29 is 17.9 Å². The van der Waals surface area contributed by atoms with Crippen molar-refractivity contribution in [3.63, 3.8) is 0 Å². The van der Waals surface area contributed by atoms with E-state index in [1.807, 2.05) is 30.0 Å². The molecule has 0 radical (unpaired) electrons. The number of hydrogen-bond donors (Lipinski definition) is 0. The number of piperazine rings is 1. The van der Waals surface area contributed by atoms with Crippen LogP contribution in [0.5, 0.6) is 5.75 Å². The summed E-state index contributed by atoms with van der Waals surface area (Å²) in [5.74, 6) is 1.84. The summed E-state index contributed by atoms with van der Waals surface area (Å²) in [7, 11) is -2.88. The monoisotopic (exact) mass is 398 g/mol. The third kappa shape index (κ3) is 4.85. The Labute approximate surface area is 159 Å². The van der Waals surface area contributed by atoms with E-state index in [4.69, 9.17) is 4.74 Å². The fourth-order valence-corrected chi connectivity index (χ4v) is 6.91. The Morgan fingerprint density at radius 1 is 1.23 bits per heavy atom. The topological polar surface area (TPSA) is 66.9 Å². The van der Waals surface area contributed by atoms with Gasteiger partial charge in [0.05, 0.1) is 29.6 Å². The van der Waals surface area contributed by atoms with Gasteiger partial charge in [-0.1, -0.05) is 12.1 Å². The molecule has 0 unspecified atom stereocenters. The van der Waals surface area contributed by atoms with Crippen molar-refractivity contribution in [1.82, 2.24) is 4.90 Å². The Bertz CT molecular complexity index is 730. The zero-order chi connectivity index (χ0) is 18.6. The molecule has 1 aromatic carbocycles. The van der Waals surface area contributed by atoms with E-state index in [9.17, 15) is 13.2 Å². The number of thioether (sulfide) groups is 1. The number of hydrogen-bond acceptors (Lipinski definition) is 6. The summed E-state index contributed by atoms with van der Waals surface area (Å²) < 4.78 is 28.7. The Hall–Kier alpha value is -1.41. The van der Waals surface area contributed by atoms with Crippen molar-refractivity contribution in [2.45, 2.75) is 18.6 Å². The Balaban J connectivity index is 1.48. The van der Waals surface area contributed by atoms with Gasteiger partial charge in [-0.2, -0.15) is 0 Å². The van der Waals surface area contributed by atoms with Gasteiger partial charge in [0.15, 0.2) is 9.84 Å². The van der Waals surface area contributed by atoms with E-state index >= 15 is 0 Å². The predicted molar refractivity (Wildman–Crippen MR) is 106 cm³/mol. The van der Waals surface area contributed by atoms with E-state index in [2.05, 4.69) is 11.0 Å². The van der Waals surface area contributed by atoms with E-state index in [-0.39, 0.29) is 22.7 Å². The average molecular weight is 399 g/mol. The van der Waals surface area contributed by atoms with Crippen LogP contribution in [0.1, 0.15) is 13.3 Å². The molecule has 2 fully saturated rings. The third-order valence-electron chi connectivity index (χ3n) is 4.77. The summed E-state index contributed by atoms with van der Waals surface area (Å²) in [4.78, 5) is 16.6. The van der Waals surface area contributed by atoms with Crippen molar-refractivity contribution in [3.8, 4) is 5.75 Å². The van der Waals surface area contributed by atoms with Crippen LogP contribution in [0.4, 0.5) is 5.69 Å². The normalized spacial score (nSPS) is 22.4.